The van der Waals surface area contributed by atoms with E-state index in [1.165, 1.54) is 19.2 Å². The maximum Gasteiger partial charge on any atom is 0.336 e. The van der Waals surface area contributed by atoms with Crippen LogP contribution in [-0.4, -0.2) is 54.8 Å². The third kappa shape index (κ3) is 6.82. The number of para-hydroxylation sites is 1. The van der Waals surface area contributed by atoms with Gasteiger partial charge in [-0.25, -0.2) is 9.59 Å². The van der Waals surface area contributed by atoms with Gasteiger partial charge in [0.25, 0.3) is 5.69 Å². The number of thioether (sulfide) groups is 1. The zero-order chi connectivity index (χ0) is 24.5. The largest absolute Gasteiger partial charge is 0.461 e. The topological polar surface area (TPSA) is 117 Å². The molecule has 1 N–H and O–H groups in total. The Morgan fingerprint density at radius 3 is 2.18 bits per heavy atom. The fourth-order valence-corrected chi connectivity index (χ4v) is 4.19. The molecule has 0 bridgehead atoms. The lowest BCUT2D eigenvalue weighted by Gasteiger charge is -2.30. The molecule has 1 aromatic carbocycles. The molecular formula is C23H30N2O7S. The molecule has 2 rings (SSSR count). The summed E-state index contributed by atoms with van der Waals surface area (Å²) in [5, 5.41) is 15.2. The second-order valence-electron chi connectivity index (χ2n) is 7.64. The number of carbonyl (C=O) groups excluding carboxylic acids is 2. The molecule has 1 aliphatic rings. The van der Waals surface area contributed by atoms with Crippen LogP contribution in [0.5, 0.6) is 0 Å². The Morgan fingerprint density at radius 2 is 1.64 bits per heavy atom. The molecule has 180 valence electrons. The van der Waals surface area contributed by atoms with Crippen molar-refractivity contribution in [2.45, 2.75) is 38.9 Å². The van der Waals surface area contributed by atoms with Gasteiger partial charge in [0, 0.05) is 35.9 Å². The van der Waals surface area contributed by atoms with Gasteiger partial charge in [-0.3, -0.25) is 10.1 Å². The molecule has 0 amide bonds. The number of nitro groups is 1. The number of nitro benzene ring substituents is 1. The summed E-state index contributed by atoms with van der Waals surface area (Å²) in [7, 11) is 1.48. The Hall–Kier alpha value is -2.85. The number of dihydropyridines is 1. The average molecular weight is 479 g/mol. The Kier molecular flexibility index (Phi) is 9.93. The number of hydrogen-bond donors (Lipinski definition) is 1. The van der Waals surface area contributed by atoms with E-state index in [1.807, 2.05) is 13.8 Å². The van der Waals surface area contributed by atoms with Crippen LogP contribution in [0.2, 0.25) is 0 Å². The highest BCUT2D eigenvalue weighted by molar-refractivity contribution is 7.99. The molecule has 0 unspecified atom stereocenters. The Morgan fingerprint density at radius 1 is 1.06 bits per heavy atom. The van der Waals surface area contributed by atoms with Crippen molar-refractivity contribution in [1.82, 2.24) is 5.32 Å². The number of methoxy groups -OCH3 is 1. The van der Waals surface area contributed by atoms with Crippen molar-refractivity contribution < 1.29 is 28.7 Å². The molecule has 1 heterocycles. The summed E-state index contributed by atoms with van der Waals surface area (Å²) in [6, 6.07) is 6.05. The second kappa shape index (κ2) is 12.4. The molecule has 0 radical (unpaired) electrons. The van der Waals surface area contributed by atoms with Gasteiger partial charge in [0.2, 0.25) is 0 Å². The molecule has 0 spiro atoms. The lowest BCUT2D eigenvalue weighted by molar-refractivity contribution is -0.385. The maximum absolute atomic E-state index is 13.2. The van der Waals surface area contributed by atoms with E-state index in [0.29, 0.717) is 22.4 Å². The van der Waals surface area contributed by atoms with E-state index in [2.05, 4.69) is 5.32 Å². The predicted molar refractivity (Wildman–Crippen MR) is 126 cm³/mol. The summed E-state index contributed by atoms with van der Waals surface area (Å²) in [5.74, 6) is -1.73. The Balaban J connectivity index is 2.51. The molecule has 0 aliphatic carbocycles. The molecule has 0 saturated carbocycles. The van der Waals surface area contributed by atoms with Gasteiger partial charge in [-0.05, 0) is 19.1 Å². The zero-order valence-corrected chi connectivity index (χ0v) is 20.3. The van der Waals surface area contributed by atoms with Crippen LogP contribution >= 0.6 is 11.8 Å². The Bertz CT molecular complexity index is 956. The van der Waals surface area contributed by atoms with Crippen LogP contribution in [0.1, 0.15) is 39.2 Å². The zero-order valence-electron chi connectivity index (χ0n) is 19.5. The van der Waals surface area contributed by atoms with Crippen LogP contribution in [-0.2, 0) is 23.8 Å². The molecule has 0 fully saturated rings. The highest BCUT2D eigenvalue weighted by Crippen LogP contribution is 2.42. The van der Waals surface area contributed by atoms with Crippen molar-refractivity contribution in [2.24, 2.45) is 0 Å². The SMILES string of the molecule is COCCOC(=O)C1=C(C)NC(C)=C(C(=O)OCCSC(C)C)[C@@H]1c1ccccc1[N+](=O)[O-]. The van der Waals surface area contributed by atoms with Gasteiger partial charge in [-0.2, -0.15) is 11.8 Å². The predicted octanol–water partition coefficient (Wildman–Crippen LogP) is 3.70. The number of benzene rings is 1. The summed E-state index contributed by atoms with van der Waals surface area (Å²) >= 11 is 1.65. The molecule has 0 aromatic heterocycles. The fraction of sp³-hybridized carbons (Fsp3) is 0.478. The van der Waals surface area contributed by atoms with Gasteiger partial charge in [0.15, 0.2) is 0 Å². The first kappa shape index (κ1) is 26.4. The number of allylic oxidation sites excluding steroid dienone is 2. The van der Waals surface area contributed by atoms with Gasteiger partial charge in [0.1, 0.15) is 13.2 Å². The lowest BCUT2D eigenvalue weighted by Crippen LogP contribution is -2.33. The smallest absolute Gasteiger partial charge is 0.336 e. The minimum atomic E-state index is -1.02. The van der Waals surface area contributed by atoms with Crippen molar-refractivity contribution in [3.63, 3.8) is 0 Å². The van der Waals surface area contributed by atoms with Crippen molar-refractivity contribution in [2.75, 3.05) is 32.7 Å². The molecule has 1 aliphatic heterocycles. The monoisotopic (exact) mass is 478 g/mol. The van der Waals surface area contributed by atoms with Crippen LogP contribution in [0.15, 0.2) is 46.8 Å². The van der Waals surface area contributed by atoms with Gasteiger partial charge in [0.05, 0.1) is 28.6 Å². The molecule has 1 atom stereocenters. The number of nitrogens with zero attached hydrogens (tertiary/aromatic N) is 1. The van der Waals surface area contributed by atoms with Crippen LogP contribution in [0.4, 0.5) is 5.69 Å². The number of esters is 2. The minimum absolute atomic E-state index is 0.00458. The van der Waals surface area contributed by atoms with Crippen molar-refractivity contribution in [3.8, 4) is 0 Å². The summed E-state index contributed by atoms with van der Waals surface area (Å²) < 4.78 is 15.7. The van der Waals surface area contributed by atoms with E-state index in [-0.39, 0.29) is 42.2 Å². The van der Waals surface area contributed by atoms with E-state index in [9.17, 15) is 19.7 Å². The number of rotatable bonds is 11. The van der Waals surface area contributed by atoms with Gasteiger partial charge in [-0.15, -0.1) is 0 Å². The molecule has 1 aromatic rings. The van der Waals surface area contributed by atoms with E-state index in [0.717, 1.165) is 0 Å². The number of nitrogens with one attached hydrogen (secondary N) is 1. The first-order valence-corrected chi connectivity index (χ1v) is 11.6. The lowest BCUT2D eigenvalue weighted by atomic mass is 9.79. The summed E-state index contributed by atoms with van der Waals surface area (Å²) in [4.78, 5) is 37.4. The molecule has 0 saturated heterocycles. The normalized spacial score (nSPS) is 16.0. The van der Waals surface area contributed by atoms with Crippen LogP contribution in [0, 0.1) is 10.1 Å². The molecular weight excluding hydrogens is 448 g/mol. The number of carbonyl (C=O) groups is 2. The van der Waals surface area contributed by atoms with E-state index in [1.54, 1.807) is 37.7 Å². The number of ether oxygens (including phenoxy) is 3. The van der Waals surface area contributed by atoms with Crippen LogP contribution in [0.3, 0.4) is 0 Å². The van der Waals surface area contributed by atoms with Gasteiger partial charge >= 0.3 is 11.9 Å². The molecule has 10 heteroatoms. The summed E-state index contributed by atoms with van der Waals surface area (Å²) in [6.07, 6.45) is 0. The quantitative estimate of drug-likeness (QED) is 0.220. The first-order chi connectivity index (χ1) is 15.7. The third-order valence-electron chi connectivity index (χ3n) is 4.93. The van der Waals surface area contributed by atoms with Gasteiger partial charge < -0.3 is 19.5 Å². The number of hydrogen-bond acceptors (Lipinski definition) is 9. The van der Waals surface area contributed by atoms with Crippen molar-refractivity contribution >= 4 is 29.4 Å². The Labute approximate surface area is 197 Å². The minimum Gasteiger partial charge on any atom is -0.461 e. The standard InChI is InChI=1S/C23H30N2O7S/c1-14(2)33-13-12-32-23(27)20-16(4)24-15(3)19(22(26)31-11-10-30-5)21(20)17-8-6-7-9-18(17)25(28)29/h6-9,14,21,24H,10-13H2,1-5H3/t21-/m1/s1. The van der Waals surface area contributed by atoms with Crippen molar-refractivity contribution in [1.29, 1.82) is 0 Å². The van der Waals surface area contributed by atoms with E-state index in [4.69, 9.17) is 14.2 Å². The van der Waals surface area contributed by atoms with E-state index >= 15 is 0 Å². The van der Waals surface area contributed by atoms with Crippen LogP contribution < -0.4 is 5.32 Å². The highest BCUT2D eigenvalue weighted by Gasteiger charge is 2.40. The summed E-state index contributed by atoms with van der Waals surface area (Å²) in [6.45, 7) is 7.81. The summed E-state index contributed by atoms with van der Waals surface area (Å²) in [5.41, 5.74) is 1.19. The van der Waals surface area contributed by atoms with Crippen molar-refractivity contribution in [3.05, 3.63) is 62.5 Å². The molecule has 9 nitrogen and oxygen atoms in total. The second-order valence-corrected chi connectivity index (χ2v) is 9.32. The van der Waals surface area contributed by atoms with Gasteiger partial charge in [-0.1, -0.05) is 32.0 Å². The average Bonchev–Trinajstić information content (AvgIpc) is 2.75. The fourth-order valence-electron chi connectivity index (χ4n) is 3.54. The molecule has 33 heavy (non-hydrogen) atoms. The first-order valence-electron chi connectivity index (χ1n) is 10.6. The maximum atomic E-state index is 13.2. The van der Waals surface area contributed by atoms with Crippen LogP contribution in [0.25, 0.3) is 0 Å². The van der Waals surface area contributed by atoms with E-state index < -0.39 is 22.8 Å². The third-order valence-corrected chi connectivity index (χ3v) is 6.00. The highest BCUT2D eigenvalue weighted by atomic mass is 32.2.